The van der Waals surface area contributed by atoms with Crippen molar-refractivity contribution >= 4 is 40.5 Å². The molecule has 1 aromatic heterocycles. The topological polar surface area (TPSA) is 65.5 Å². The number of amides is 2. The van der Waals surface area contributed by atoms with E-state index in [1.54, 1.807) is 23.2 Å². The van der Waals surface area contributed by atoms with Crippen molar-refractivity contribution in [1.82, 2.24) is 9.88 Å². The van der Waals surface area contributed by atoms with E-state index in [0.29, 0.717) is 23.0 Å². The first kappa shape index (κ1) is 19.7. The highest BCUT2D eigenvalue weighted by molar-refractivity contribution is 7.80. The SMILES string of the molecule is O=C(C[C@@H]1C(=O)N(c2ccccc2)C(=S)N1Cc1ccccn1)Nc1ccccc1. The molecule has 0 radical (unpaired) electrons. The molecule has 150 valence electrons. The van der Waals surface area contributed by atoms with Gasteiger partial charge >= 0.3 is 0 Å². The van der Waals surface area contributed by atoms with Crippen molar-refractivity contribution in [1.29, 1.82) is 0 Å². The van der Waals surface area contributed by atoms with Crippen molar-refractivity contribution in [3.05, 3.63) is 90.8 Å². The van der Waals surface area contributed by atoms with Crippen LogP contribution in [0.15, 0.2) is 85.1 Å². The number of carbonyl (C=O) groups excluding carboxylic acids is 2. The Morgan fingerprint density at radius 1 is 0.967 bits per heavy atom. The Morgan fingerprint density at radius 3 is 2.30 bits per heavy atom. The molecule has 2 aromatic carbocycles. The Hall–Kier alpha value is -3.58. The molecular weight excluding hydrogens is 396 g/mol. The van der Waals surface area contributed by atoms with Gasteiger partial charge < -0.3 is 10.2 Å². The van der Waals surface area contributed by atoms with E-state index in [0.717, 1.165) is 5.69 Å². The summed E-state index contributed by atoms with van der Waals surface area (Å²) < 4.78 is 0. The second-order valence-corrected chi connectivity index (χ2v) is 7.24. The summed E-state index contributed by atoms with van der Waals surface area (Å²) in [5.41, 5.74) is 2.15. The Kier molecular flexibility index (Phi) is 5.81. The van der Waals surface area contributed by atoms with Crippen molar-refractivity contribution < 1.29 is 9.59 Å². The Balaban J connectivity index is 1.59. The summed E-state index contributed by atoms with van der Waals surface area (Å²) in [6, 6.07) is 23.3. The van der Waals surface area contributed by atoms with Crippen LogP contribution in [0.5, 0.6) is 0 Å². The zero-order chi connectivity index (χ0) is 20.9. The van der Waals surface area contributed by atoms with Crippen molar-refractivity contribution in [3.63, 3.8) is 0 Å². The van der Waals surface area contributed by atoms with Crippen LogP contribution in [0.1, 0.15) is 12.1 Å². The molecule has 4 rings (SSSR count). The molecule has 0 aliphatic carbocycles. The van der Waals surface area contributed by atoms with Gasteiger partial charge in [0.25, 0.3) is 5.91 Å². The summed E-state index contributed by atoms with van der Waals surface area (Å²) in [6.07, 6.45) is 1.69. The van der Waals surface area contributed by atoms with Gasteiger partial charge in [0.2, 0.25) is 5.91 Å². The summed E-state index contributed by atoms with van der Waals surface area (Å²) in [7, 11) is 0. The van der Waals surface area contributed by atoms with E-state index in [1.807, 2.05) is 66.7 Å². The van der Waals surface area contributed by atoms with Crippen LogP contribution in [0, 0.1) is 0 Å². The molecule has 7 heteroatoms. The second-order valence-electron chi connectivity index (χ2n) is 6.87. The molecule has 0 spiro atoms. The molecule has 2 amide bonds. The summed E-state index contributed by atoms with van der Waals surface area (Å²) in [6.45, 7) is 0.345. The Bertz CT molecular complexity index is 1040. The van der Waals surface area contributed by atoms with Crippen molar-refractivity contribution in [2.75, 3.05) is 10.2 Å². The number of hydrogen-bond acceptors (Lipinski definition) is 4. The molecule has 3 aromatic rings. The molecule has 1 saturated heterocycles. The van der Waals surface area contributed by atoms with Gasteiger partial charge in [-0.05, 0) is 48.6 Å². The van der Waals surface area contributed by atoms with Gasteiger partial charge in [-0.2, -0.15) is 0 Å². The van der Waals surface area contributed by atoms with Crippen molar-refractivity contribution in [2.24, 2.45) is 0 Å². The lowest BCUT2D eigenvalue weighted by Crippen LogP contribution is -2.37. The summed E-state index contributed by atoms with van der Waals surface area (Å²) in [5.74, 6) is -0.464. The van der Waals surface area contributed by atoms with Crippen LogP contribution < -0.4 is 10.2 Å². The molecule has 30 heavy (non-hydrogen) atoms. The predicted octanol–water partition coefficient (Wildman–Crippen LogP) is 3.61. The normalized spacial score (nSPS) is 16.1. The highest BCUT2D eigenvalue weighted by Crippen LogP contribution is 2.28. The molecular formula is C23H20N4O2S. The van der Waals surface area contributed by atoms with Gasteiger partial charge in [-0.1, -0.05) is 42.5 Å². The molecule has 2 heterocycles. The van der Waals surface area contributed by atoms with Crippen LogP contribution in [-0.4, -0.2) is 32.9 Å². The number of benzene rings is 2. The Morgan fingerprint density at radius 2 is 1.63 bits per heavy atom. The highest BCUT2D eigenvalue weighted by atomic mass is 32.1. The maximum atomic E-state index is 13.3. The van der Waals surface area contributed by atoms with E-state index in [-0.39, 0.29) is 18.2 Å². The lowest BCUT2D eigenvalue weighted by atomic mass is 10.1. The van der Waals surface area contributed by atoms with Gasteiger partial charge in [0.1, 0.15) is 6.04 Å². The molecule has 0 saturated carbocycles. The average molecular weight is 417 g/mol. The maximum absolute atomic E-state index is 13.3. The fourth-order valence-electron chi connectivity index (χ4n) is 3.40. The number of aromatic nitrogens is 1. The minimum Gasteiger partial charge on any atom is -0.330 e. The van der Waals surface area contributed by atoms with E-state index < -0.39 is 6.04 Å². The molecule has 1 atom stereocenters. The van der Waals surface area contributed by atoms with E-state index in [4.69, 9.17) is 12.2 Å². The van der Waals surface area contributed by atoms with Crippen LogP contribution in [0.3, 0.4) is 0 Å². The third-order valence-corrected chi connectivity index (χ3v) is 5.24. The van der Waals surface area contributed by atoms with Gasteiger partial charge in [0, 0.05) is 11.9 Å². The zero-order valence-electron chi connectivity index (χ0n) is 16.1. The minimum atomic E-state index is -0.705. The monoisotopic (exact) mass is 416 g/mol. The van der Waals surface area contributed by atoms with Crippen molar-refractivity contribution in [3.8, 4) is 0 Å². The van der Waals surface area contributed by atoms with E-state index in [2.05, 4.69) is 10.3 Å². The summed E-state index contributed by atoms with van der Waals surface area (Å²) in [5, 5.41) is 3.22. The largest absolute Gasteiger partial charge is 0.330 e. The van der Waals surface area contributed by atoms with E-state index >= 15 is 0 Å². The van der Waals surface area contributed by atoms with Crippen LogP contribution in [0.4, 0.5) is 11.4 Å². The smallest absolute Gasteiger partial charge is 0.256 e. The minimum absolute atomic E-state index is 0.00989. The number of nitrogens with zero attached hydrogens (tertiary/aromatic N) is 3. The van der Waals surface area contributed by atoms with Crippen LogP contribution >= 0.6 is 12.2 Å². The molecule has 0 bridgehead atoms. The molecule has 1 aliphatic rings. The van der Waals surface area contributed by atoms with E-state index in [1.165, 1.54) is 4.90 Å². The van der Waals surface area contributed by atoms with Gasteiger partial charge in [-0.15, -0.1) is 0 Å². The van der Waals surface area contributed by atoms with Crippen LogP contribution in [0.25, 0.3) is 0 Å². The number of para-hydroxylation sites is 2. The first-order valence-corrected chi connectivity index (χ1v) is 9.99. The number of anilines is 2. The summed E-state index contributed by atoms with van der Waals surface area (Å²) in [4.78, 5) is 33.6. The maximum Gasteiger partial charge on any atom is 0.256 e. The number of thiocarbonyl (C=S) groups is 1. The fourth-order valence-corrected chi connectivity index (χ4v) is 3.79. The molecule has 1 fully saturated rings. The molecule has 1 N–H and O–H groups in total. The van der Waals surface area contributed by atoms with Crippen LogP contribution in [0.2, 0.25) is 0 Å². The number of carbonyl (C=O) groups is 2. The number of pyridine rings is 1. The second kappa shape index (κ2) is 8.84. The molecule has 0 unspecified atom stereocenters. The quantitative estimate of drug-likeness (QED) is 0.622. The number of nitrogens with one attached hydrogen (secondary N) is 1. The highest BCUT2D eigenvalue weighted by Gasteiger charge is 2.44. The third-order valence-electron chi connectivity index (χ3n) is 4.83. The van der Waals surface area contributed by atoms with Crippen molar-refractivity contribution in [2.45, 2.75) is 19.0 Å². The predicted molar refractivity (Wildman–Crippen MR) is 120 cm³/mol. The molecule has 6 nitrogen and oxygen atoms in total. The van der Waals surface area contributed by atoms with Gasteiger partial charge in [-0.25, -0.2) is 0 Å². The number of hydrogen-bond donors (Lipinski definition) is 1. The average Bonchev–Trinajstić information content (AvgIpc) is 2.99. The first-order chi connectivity index (χ1) is 14.6. The first-order valence-electron chi connectivity index (χ1n) is 9.58. The lowest BCUT2D eigenvalue weighted by molar-refractivity contribution is -0.124. The Labute approximate surface area is 180 Å². The van der Waals surface area contributed by atoms with Gasteiger partial charge in [0.05, 0.1) is 24.3 Å². The van der Waals surface area contributed by atoms with Crippen LogP contribution in [-0.2, 0) is 16.1 Å². The third kappa shape index (κ3) is 4.21. The molecule has 1 aliphatic heterocycles. The fraction of sp³-hybridized carbons (Fsp3) is 0.130. The van der Waals surface area contributed by atoms with Gasteiger partial charge in [0.15, 0.2) is 5.11 Å². The lowest BCUT2D eigenvalue weighted by Gasteiger charge is -2.23. The van der Waals surface area contributed by atoms with Gasteiger partial charge in [-0.3, -0.25) is 19.5 Å². The standard InChI is InChI=1S/C23H20N4O2S/c28-21(25-17-9-3-1-4-10-17)15-20-22(29)27(19-12-5-2-6-13-19)23(30)26(20)16-18-11-7-8-14-24-18/h1-14,20H,15-16H2,(H,25,28)/t20-/m1/s1. The number of rotatable bonds is 6. The zero-order valence-corrected chi connectivity index (χ0v) is 17.0. The summed E-state index contributed by atoms with van der Waals surface area (Å²) >= 11 is 5.65. The van der Waals surface area contributed by atoms with E-state index in [9.17, 15) is 9.59 Å².